The van der Waals surface area contributed by atoms with Crippen LogP contribution in [0.4, 0.5) is 0 Å². The van der Waals surface area contributed by atoms with Gasteiger partial charge in [0.1, 0.15) is 5.37 Å². The number of thioether (sulfide) groups is 1. The molecular formula is C21H26N2O3S. The van der Waals surface area contributed by atoms with Crippen LogP contribution in [0, 0.1) is 6.92 Å². The third-order valence-corrected chi connectivity index (χ3v) is 6.56. The van der Waals surface area contributed by atoms with Crippen molar-refractivity contribution in [3.63, 3.8) is 0 Å². The fourth-order valence-corrected chi connectivity index (χ4v) is 4.88. The van der Waals surface area contributed by atoms with Crippen molar-refractivity contribution < 1.29 is 14.0 Å². The number of carbonyl (C=O) groups excluding carboxylic acids is 2. The fraction of sp³-hybridized carbons (Fsp3) is 0.429. The van der Waals surface area contributed by atoms with Crippen LogP contribution in [-0.2, 0) is 4.79 Å². The number of rotatable bonds is 7. The van der Waals surface area contributed by atoms with E-state index in [0.29, 0.717) is 18.8 Å². The minimum Gasteiger partial charge on any atom is -0.459 e. The first kappa shape index (κ1) is 19.5. The van der Waals surface area contributed by atoms with Crippen molar-refractivity contribution in [2.24, 2.45) is 0 Å². The molecule has 2 amide bonds. The lowest BCUT2D eigenvalue weighted by atomic mass is 10.1. The van der Waals surface area contributed by atoms with Gasteiger partial charge in [-0.3, -0.25) is 9.59 Å². The van der Waals surface area contributed by atoms with Crippen LogP contribution < -0.4 is 0 Å². The normalized spacial score (nSPS) is 19.5. The molecule has 1 saturated heterocycles. The van der Waals surface area contributed by atoms with Crippen molar-refractivity contribution in [1.82, 2.24) is 9.80 Å². The summed E-state index contributed by atoms with van der Waals surface area (Å²) in [7, 11) is 1.76. The van der Waals surface area contributed by atoms with Crippen LogP contribution in [0.1, 0.15) is 46.8 Å². The van der Waals surface area contributed by atoms with Crippen LogP contribution in [0.25, 0.3) is 0 Å². The third kappa shape index (κ3) is 4.21. The standard InChI is InChI=1S/C21H26N2O3S/c1-4-18-20(25)23(21(27-18)16-10-6-5-9-15(16)2)13-8-12-22(3)19(24)17-11-7-14-26-17/h5-7,9-11,14,18,21H,4,8,12-13H2,1-3H3/t18-,21+/m1/s1. The molecule has 2 atom stereocenters. The minimum atomic E-state index is -0.135. The first-order chi connectivity index (χ1) is 13.0. The molecule has 2 heterocycles. The highest BCUT2D eigenvalue weighted by molar-refractivity contribution is 8.01. The maximum atomic E-state index is 12.8. The molecule has 6 heteroatoms. The Hall–Kier alpha value is -2.21. The second-order valence-corrected chi connectivity index (χ2v) is 8.12. The summed E-state index contributed by atoms with van der Waals surface area (Å²) in [5.74, 6) is 0.411. The Morgan fingerprint density at radius 1 is 1.26 bits per heavy atom. The zero-order chi connectivity index (χ0) is 19.4. The Balaban J connectivity index is 1.65. The Morgan fingerprint density at radius 2 is 2.04 bits per heavy atom. The summed E-state index contributed by atoms with van der Waals surface area (Å²) >= 11 is 1.74. The summed E-state index contributed by atoms with van der Waals surface area (Å²) in [6, 6.07) is 11.6. The molecule has 3 rings (SSSR count). The lowest BCUT2D eigenvalue weighted by molar-refractivity contribution is -0.130. The smallest absolute Gasteiger partial charge is 0.289 e. The molecule has 0 N–H and O–H groups in total. The van der Waals surface area contributed by atoms with Crippen LogP contribution in [0.15, 0.2) is 47.1 Å². The highest BCUT2D eigenvalue weighted by atomic mass is 32.2. The van der Waals surface area contributed by atoms with Crippen LogP contribution in [0.2, 0.25) is 0 Å². The first-order valence-corrected chi connectivity index (χ1v) is 10.3. The summed E-state index contributed by atoms with van der Waals surface area (Å²) in [5, 5.41) is 0.0619. The SMILES string of the molecule is CC[C@H]1S[C@@H](c2ccccc2C)N(CCCN(C)C(=O)c2ccco2)C1=O. The van der Waals surface area contributed by atoms with E-state index >= 15 is 0 Å². The van der Waals surface area contributed by atoms with Gasteiger partial charge in [-0.15, -0.1) is 11.8 Å². The highest BCUT2D eigenvalue weighted by Crippen LogP contribution is 2.45. The molecule has 1 aliphatic rings. The largest absolute Gasteiger partial charge is 0.459 e. The number of hydrogen-bond acceptors (Lipinski definition) is 4. The Kier molecular flexibility index (Phi) is 6.26. The van der Waals surface area contributed by atoms with E-state index in [1.54, 1.807) is 35.8 Å². The number of benzene rings is 1. The minimum absolute atomic E-state index is 0.0112. The maximum absolute atomic E-state index is 12.8. The maximum Gasteiger partial charge on any atom is 0.289 e. The van der Waals surface area contributed by atoms with Crippen molar-refractivity contribution >= 4 is 23.6 Å². The van der Waals surface area contributed by atoms with E-state index < -0.39 is 0 Å². The van der Waals surface area contributed by atoms with Gasteiger partial charge >= 0.3 is 0 Å². The number of furan rings is 1. The number of amides is 2. The first-order valence-electron chi connectivity index (χ1n) is 9.33. The van der Waals surface area contributed by atoms with Gasteiger partial charge in [0.05, 0.1) is 11.5 Å². The molecule has 0 radical (unpaired) electrons. The average molecular weight is 387 g/mol. The summed E-state index contributed by atoms with van der Waals surface area (Å²) in [6.45, 7) is 5.36. The summed E-state index contributed by atoms with van der Waals surface area (Å²) in [5.41, 5.74) is 2.40. The molecule has 1 aliphatic heterocycles. The zero-order valence-electron chi connectivity index (χ0n) is 16.1. The van der Waals surface area contributed by atoms with Crippen molar-refractivity contribution in [1.29, 1.82) is 0 Å². The molecule has 27 heavy (non-hydrogen) atoms. The molecule has 0 aliphatic carbocycles. The molecule has 0 bridgehead atoms. The van der Waals surface area contributed by atoms with Gasteiger partial charge < -0.3 is 14.2 Å². The molecule has 144 valence electrons. The molecule has 2 aromatic rings. The van der Waals surface area contributed by atoms with Crippen molar-refractivity contribution in [3.8, 4) is 0 Å². The van der Waals surface area contributed by atoms with Crippen molar-refractivity contribution in [2.45, 2.75) is 37.3 Å². The van der Waals surface area contributed by atoms with Gasteiger partial charge in [-0.1, -0.05) is 31.2 Å². The Bertz CT molecular complexity index is 790. The van der Waals surface area contributed by atoms with Gasteiger partial charge in [0.2, 0.25) is 5.91 Å². The van der Waals surface area contributed by atoms with Gasteiger partial charge in [0, 0.05) is 20.1 Å². The Labute approximate surface area is 164 Å². The van der Waals surface area contributed by atoms with E-state index in [0.717, 1.165) is 12.8 Å². The molecular weight excluding hydrogens is 360 g/mol. The molecule has 5 nitrogen and oxygen atoms in total. The van der Waals surface area contributed by atoms with Crippen LogP contribution >= 0.6 is 11.8 Å². The molecule has 0 saturated carbocycles. The van der Waals surface area contributed by atoms with E-state index in [9.17, 15) is 9.59 Å². The predicted molar refractivity (Wildman–Crippen MR) is 108 cm³/mol. The van der Waals surface area contributed by atoms with Crippen molar-refractivity contribution in [3.05, 3.63) is 59.5 Å². The Morgan fingerprint density at radius 3 is 2.70 bits per heavy atom. The molecule has 1 fully saturated rings. The lowest BCUT2D eigenvalue weighted by Gasteiger charge is -2.26. The van der Waals surface area contributed by atoms with Crippen LogP contribution in [-0.4, -0.2) is 47.0 Å². The molecule has 1 aromatic carbocycles. The number of aryl methyl sites for hydroxylation is 1. The zero-order valence-corrected chi connectivity index (χ0v) is 16.9. The average Bonchev–Trinajstić information content (AvgIpc) is 3.30. The second-order valence-electron chi connectivity index (χ2n) is 6.83. The lowest BCUT2D eigenvalue weighted by Crippen LogP contribution is -2.35. The monoisotopic (exact) mass is 386 g/mol. The fourth-order valence-electron chi connectivity index (χ4n) is 3.36. The van der Waals surface area contributed by atoms with Crippen molar-refractivity contribution in [2.75, 3.05) is 20.1 Å². The van der Waals surface area contributed by atoms with Gasteiger partial charge in [0.15, 0.2) is 5.76 Å². The van der Waals surface area contributed by atoms with E-state index in [4.69, 9.17) is 4.42 Å². The topological polar surface area (TPSA) is 53.8 Å². The second kappa shape index (κ2) is 8.65. The molecule has 0 spiro atoms. The number of carbonyl (C=O) groups is 2. The van der Waals surface area contributed by atoms with Crippen LogP contribution in [0.5, 0.6) is 0 Å². The summed E-state index contributed by atoms with van der Waals surface area (Å²) < 4.78 is 5.17. The van der Waals surface area contributed by atoms with E-state index in [2.05, 4.69) is 26.0 Å². The van der Waals surface area contributed by atoms with E-state index in [1.165, 1.54) is 17.4 Å². The van der Waals surface area contributed by atoms with Gasteiger partial charge in [-0.25, -0.2) is 0 Å². The third-order valence-electron chi connectivity index (χ3n) is 4.93. The predicted octanol–water partition coefficient (Wildman–Crippen LogP) is 4.10. The number of nitrogens with zero attached hydrogens (tertiary/aromatic N) is 2. The van der Waals surface area contributed by atoms with Gasteiger partial charge in [0.25, 0.3) is 5.91 Å². The quantitative estimate of drug-likeness (QED) is 0.719. The molecule has 1 aromatic heterocycles. The highest BCUT2D eigenvalue weighted by Gasteiger charge is 2.40. The van der Waals surface area contributed by atoms with E-state index in [1.807, 2.05) is 17.0 Å². The number of hydrogen-bond donors (Lipinski definition) is 0. The van der Waals surface area contributed by atoms with Gasteiger partial charge in [-0.05, 0) is 43.0 Å². The van der Waals surface area contributed by atoms with E-state index in [-0.39, 0.29) is 22.4 Å². The van der Waals surface area contributed by atoms with Crippen LogP contribution in [0.3, 0.4) is 0 Å². The summed E-state index contributed by atoms with van der Waals surface area (Å²) in [4.78, 5) is 28.7. The molecule has 0 unspecified atom stereocenters. The van der Waals surface area contributed by atoms with Gasteiger partial charge in [-0.2, -0.15) is 0 Å². The summed E-state index contributed by atoms with van der Waals surface area (Å²) in [6.07, 6.45) is 3.06.